The van der Waals surface area contributed by atoms with Crippen molar-refractivity contribution < 1.29 is 9.90 Å². The molecule has 7 heteroatoms. The molecule has 1 N–H and O–H groups in total. The molecule has 1 saturated heterocycles. The lowest BCUT2D eigenvalue weighted by atomic mass is 10.1. The van der Waals surface area contributed by atoms with Crippen molar-refractivity contribution in [1.29, 1.82) is 0 Å². The van der Waals surface area contributed by atoms with Crippen LogP contribution in [0, 0.1) is 0 Å². The summed E-state index contributed by atoms with van der Waals surface area (Å²) < 4.78 is 2.70. The number of hydrogen-bond donors (Lipinski definition) is 1. The Morgan fingerprint density at radius 3 is 2.52 bits per heavy atom. The van der Waals surface area contributed by atoms with E-state index >= 15 is 0 Å². The molecule has 0 amide bonds. The Kier molecular flexibility index (Phi) is 6.55. The third kappa shape index (κ3) is 5.06. The molecule has 0 aliphatic carbocycles. The highest BCUT2D eigenvalue weighted by atomic mass is 79.9. The van der Waals surface area contributed by atoms with Gasteiger partial charge in [-0.3, -0.25) is 9.69 Å². The van der Waals surface area contributed by atoms with Gasteiger partial charge in [-0.15, -0.1) is 0 Å². The molecule has 3 aromatic rings. The molecule has 0 unspecified atom stereocenters. The molecule has 2 heterocycles. The molecule has 0 saturated carbocycles. The quantitative estimate of drug-likeness (QED) is 0.599. The smallest absolute Gasteiger partial charge is 0.335 e. The highest BCUT2D eigenvalue weighted by Gasteiger charge is 2.16. The summed E-state index contributed by atoms with van der Waals surface area (Å²) in [5, 5.41) is 10.8. The third-order valence-electron chi connectivity index (χ3n) is 5.89. The van der Waals surface area contributed by atoms with E-state index in [1.165, 1.54) is 0 Å². The van der Waals surface area contributed by atoms with Crippen molar-refractivity contribution >= 4 is 32.7 Å². The third-order valence-corrected chi connectivity index (χ3v) is 6.38. The van der Waals surface area contributed by atoms with Gasteiger partial charge in [0.2, 0.25) is 0 Å². The molecule has 1 aliphatic rings. The number of likely N-dealkylation sites (N-methyl/N-ethyl adjacent to an activating group) is 1. The minimum absolute atomic E-state index is 0.0378. The second-order valence-corrected chi connectivity index (χ2v) is 9.13. The Morgan fingerprint density at radius 2 is 1.77 bits per heavy atom. The highest BCUT2D eigenvalue weighted by molar-refractivity contribution is 9.10. The molecule has 0 bridgehead atoms. The maximum atomic E-state index is 13.2. The second-order valence-electron chi connectivity index (χ2n) is 8.21. The number of hydrogen-bond acceptors (Lipinski definition) is 4. The van der Waals surface area contributed by atoms with Crippen LogP contribution in [0.3, 0.4) is 0 Å². The van der Waals surface area contributed by atoms with E-state index in [2.05, 4.69) is 32.8 Å². The van der Waals surface area contributed by atoms with Crippen LogP contribution < -0.4 is 5.56 Å². The normalized spacial score (nSPS) is 15.8. The molecule has 4 rings (SSSR count). The largest absolute Gasteiger partial charge is 0.478 e. The van der Waals surface area contributed by atoms with Crippen LogP contribution in [0.5, 0.6) is 0 Å². The van der Waals surface area contributed by atoms with Gasteiger partial charge < -0.3 is 14.6 Å². The number of fused-ring (bicyclic) bond motifs is 1. The summed E-state index contributed by atoms with van der Waals surface area (Å²) in [6, 6.07) is 12.5. The van der Waals surface area contributed by atoms with E-state index in [0.717, 1.165) is 60.1 Å². The summed E-state index contributed by atoms with van der Waals surface area (Å²) in [6.45, 7) is 5.38. The number of pyridine rings is 1. The maximum absolute atomic E-state index is 13.2. The highest BCUT2D eigenvalue weighted by Crippen LogP contribution is 2.23. The van der Waals surface area contributed by atoms with Gasteiger partial charge in [0.05, 0.1) is 12.1 Å². The van der Waals surface area contributed by atoms with E-state index in [9.17, 15) is 9.59 Å². The number of carboxylic acids is 1. The summed E-state index contributed by atoms with van der Waals surface area (Å²) in [6.07, 6.45) is 3.10. The van der Waals surface area contributed by atoms with Crippen molar-refractivity contribution in [1.82, 2.24) is 14.4 Å². The molecule has 1 aliphatic heterocycles. The first-order chi connectivity index (χ1) is 14.9. The van der Waals surface area contributed by atoms with Gasteiger partial charge in [-0.1, -0.05) is 28.1 Å². The summed E-state index contributed by atoms with van der Waals surface area (Å²) in [4.78, 5) is 29.1. The number of benzene rings is 2. The zero-order chi connectivity index (χ0) is 22.0. The van der Waals surface area contributed by atoms with Crippen LogP contribution in [0.4, 0.5) is 0 Å². The minimum atomic E-state index is -0.953. The van der Waals surface area contributed by atoms with Gasteiger partial charge in [0, 0.05) is 35.7 Å². The fraction of sp³-hybridized carbons (Fsp3) is 0.333. The lowest BCUT2D eigenvalue weighted by Crippen LogP contribution is -2.29. The van der Waals surface area contributed by atoms with Gasteiger partial charge >= 0.3 is 5.97 Å². The molecule has 0 spiro atoms. The predicted octanol–water partition coefficient (Wildman–Crippen LogP) is 3.65. The Hall–Kier alpha value is -2.48. The fourth-order valence-corrected chi connectivity index (χ4v) is 4.49. The number of halogens is 1. The Morgan fingerprint density at radius 1 is 1.00 bits per heavy atom. The first kappa shape index (κ1) is 21.7. The van der Waals surface area contributed by atoms with Crippen LogP contribution in [-0.4, -0.2) is 58.7 Å². The van der Waals surface area contributed by atoms with Crippen molar-refractivity contribution in [2.24, 2.45) is 0 Å². The standard InChI is InChI=1S/C24H26BrN3O3/c1-26-9-2-10-27(12-11-26)15-19-16-28(14-17-3-5-18(6-4-17)24(30)31)23(29)21-8-7-20(25)13-22(19)21/h3-8,13,16H,2,9-12,14-15H2,1H3,(H,30,31). The average molecular weight is 484 g/mol. The van der Waals surface area contributed by atoms with E-state index < -0.39 is 5.97 Å². The zero-order valence-corrected chi connectivity index (χ0v) is 19.1. The van der Waals surface area contributed by atoms with Gasteiger partial charge in [-0.2, -0.15) is 0 Å². The van der Waals surface area contributed by atoms with Gasteiger partial charge in [0.25, 0.3) is 5.56 Å². The molecule has 2 aromatic carbocycles. The average Bonchev–Trinajstić information content (AvgIpc) is 2.95. The van der Waals surface area contributed by atoms with Crippen molar-refractivity contribution in [3.05, 3.63) is 80.2 Å². The number of nitrogens with zero attached hydrogens (tertiary/aromatic N) is 3. The van der Waals surface area contributed by atoms with Crippen LogP contribution in [-0.2, 0) is 13.1 Å². The number of aromatic carboxylic acids is 1. The molecule has 0 atom stereocenters. The monoisotopic (exact) mass is 483 g/mol. The van der Waals surface area contributed by atoms with E-state index in [0.29, 0.717) is 11.9 Å². The van der Waals surface area contributed by atoms with Crippen LogP contribution >= 0.6 is 15.9 Å². The lowest BCUT2D eigenvalue weighted by Gasteiger charge is -2.22. The van der Waals surface area contributed by atoms with E-state index in [-0.39, 0.29) is 11.1 Å². The minimum Gasteiger partial charge on any atom is -0.478 e. The summed E-state index contributed by atoms with van der Waals surface area (Å²) in [7, 11) is 2.16. The molecular formula is C24H26BrN3O3. The molecule has 1 fully saturated rings. The molecule has 162 valence electrons. The second kappa shape index (κ2) is 9.34. The Labute approximate surface area is 189 Å². The van der Waals surface area contributed by atoms with E-state index in [1.807, 2.05) is 24.4 Å². The van der Waals surface area contributed by atoms with Crippen molar-refractivity contribution in [3.8, 4) is 0 Å². The molecular weight excluding hydrogens is 458 g/mol. The molecule has 31 heavy (non-hydrogen) atoms. The number of aromatic nitrogens is 1. The SMILES string of the molecule is CN1CCCN(Cc2cn(Cc3ccc(C(=O)O)cc3)c(=O)c3ccc(Br)cc23)CC1. The first-order valence-electron chi connectivity index (χ1n) is 10.5. The number of carboxylic acid groups (broad SMARTS) is 1. The maximum Gasteiger partial charge on any atom is 0.335 e. The van der Waals surface area contributed by atoms with Crippen LogP contribution in [0.25, 0.3) is 10.8 Å². The van der Waals surface area contributed by atoms with Crippen LogP contribution in [0.2, 0.25) is 0 Å². The molecule has 6 nitrogen and oxygen atoms in total. The van der Waals surface area contributed by atoms with Crippen LogP contribution in [0.15, 0.2) is 57.9 Å². The van der Waals surface area contributed by atoms with Crippen LogP contribution in [0.1, 0.15) is 27.9 Å². The summed E-state index contributed by atoms with van der Waals surface area (Å²) >= 11 is 3.55. The summed E-state index contributed by atoms with van der Waals surface area (Å²) in [5.74, 6) is -0.953. The first-order valence-corrected chi connectivity index (χ1v) is 11.2. The van der Waals surface area contributed by atoms with E-state index in [4.69, 9.17) is 5.11 Å². The Bertz CT molecular complexity index is 1160. The van der Waals surface area contributed by atoms with Crippen molar-refractivity contribution in [2.45, 2.75) is 19.5 Å². The van der Waals surface area contributed by atoms with Gasteiger partial charge in [0.1, 0.15) is 0 Å². The van der Waals surface area contributed by atoms with Gasteiger partial charge in [-0.25, -0.2) is 4.79 Å². The van der Waals surface area contributed by atoms with E-state index in [1.54, 1.807) is 28.8 Å². The molecule has 1 aromatic heterocycles. The number of carbonyl (C=O) groups is 1. The van der Waals surface area contributed by atoms with Gasteiger partial charge in [-0.05, 0) is 73.4 Å². The fourth-order valence-electron chi connectivity index (χ4n) is 4.13. The predicted molar refractivity (Wildman–Crippen MR) is 126 cm³/mol. The number of rotatable bonds is 5. The van der Waals surface area contributed by atoms with Crippen molar-refractivity contribution in [2.75, 3.05) is 33.2 Å². The Balaban J connectivity index is 1.70. The lowest BCUT2D eigenvalue weighted by molar-refractivity contribution is 0.0697. The topological polar surface area (TPSA) is 65.8 Å². The van der Waals surface area contributed by atoms with Gasteiger partial charge in [0.15, 0.2) is 0 Å². The summed E-state index contributed by atoms with van der Waals surface area (Å²) in [5.41, 5.74) is 2.23. The zero-order valence-electron chi connectivity index (χ0n) is 17.6. The molecule has 0 radical (unpaired) electrons. The van der Waals surface area contributed by atoms with Crippen molar-refractivity contribution in [3.63, 3.8) is 0 Å².